The summed E-state index contributed by atoms with van der Waals surface area (Å²) < 4.78 is 8.65. The first-order valence-electron chi connectivity index (χ1n) is 9.72. The van der Waals surface area contributed by atoms with Crippen LogP contribution >= 0.6 is 0 Å². The van der Waals surface area contributed by atoms with Gasteiger partial charge in [0.2, 0.25) is 0 Å². The Labute approximate surface area is 157 Å². The SMILES string of the molecule is CCOCCn1c(=O)n(CCN2C[C@H]3CC[C@H]2C3)c2cc(C(=O)O)cnc21. The summed E-state index contributed by atoms with van der Waals surface area (Å²) >= 11 is 0. The number of likely N-dealkylation sites (tertiary alicyclic amines) is 1. The molecule has 1 aliphatic carbocycles. The fourth-order valence-corrected chi connectivity index (χ4v) is 4.56. The molecule has 3 heterocycles. The van der Waals surface area contributed by atoms with Gasteiger partial charge in [0.05, 0.1) is 24.2 Å². The Balaban J connectivity index is 1.64. The minimum Gasteiger partial charge on any atom is -0.478 e. The maximum atomic E-state index is 13.0. The quantitative estimate of drug-likeness (QED) is 0.703. The van der Waals surface area contributed by atoms with E-state index in [1.165, 1.54) is 25.5 Å². The molecule has 8 nitrogen and oxygen atoms in total. The number of aromatic nitrogens is 3. The summed E-state index contributed by atoms with van der Waals surface area (Å²) in [5, 5.41) is 9.30. The Morgan fingerprint density at radius 1 is 1.30 bits per heavy atom. The fourth-order valence-electron chi connectivity index (χ4n) is 4.56. The second-order valence-electron chi connectivity index (χ2n) is 7.48. The maximum absolute atomic E-state index is 13.0. The van der Waals surface area contributed by atoms with Gasteiger partial charge in [-0.15, -0.1) is 0 Å². The van der Waals surface area contributed by atoms with Gasteiger partial charge in [0.25, 0.3) is 0 Å². The standard InChI is InChI=1S/C19H26N4O4/c1-2-27-8-7-23-17-16(10-14(11-20-17)18(24)25)22(19(23)26)6-5-21-12-13-3-4-15(21)9-13/h10-11,13,15H,2-9,12H2,1H3,(H,24,25)/t13-,15-/m0/s1. The van der Waals surface area contributed by atoms with E-state index in [2.05, 4.69) is 9.88 Å². The lowest BCUT2D eigenvalue weighted by molar-refractivity contribution is 0.0696. The van der Waals surface area contributed by atoms with Crippen molar-refractivity contribution in [1.29, 1.82) is 0 Å². The van der Waals surface area contributed by atoms with Gasteiger partial charge in [-0.1, -0.05) is 0 Å². The summed E-state index contributed by atoms with van der Waals surface area (Å²) in [6.45, 7) is 5.79. The van der Waals surface area contributed by atoms with Gasteiger partial charge in [0.1, 0.15) is 0 Å². The molecule has 0 spiro atoms. The molecule has 0 unspecified atom stereocenters. The van der Waals surface area contributed by atoms with Crippen LogP contribution in [0.2, 0.25) is 0 Å². The fraction of sp³-hybridized carbons (Fsp3) is 0.632. The number of hydrogen-bond acceptors (Lipinski definition) is 5. The molecule has 0 radical (unpaired) electrons. The normalized spacial score (nSPS) is 22.1. The monoisotopic (exact) mass is 374 g/mol. The van der Waals surface area contributed by atoms with Crippen LogP contribution in [-0.4, -0.2) is 62.4 Å². The first kappa shape index (κ1) is 18.2. The molecule has 2 bridgehead atoms. The van der Waals surface area contributed by atoms with Crippen molar-refractivity contribution in [3.05, 3.63) is 28.3 Å². The molecular weight excluding hydrogens is 348 g/mol. The lowest BCUT2D eigenvalue weighted by Gasteiger charge is -2.26. The Kier molecular flexibility index (Phi) is 5.01. The molecule has 0 amide bonds. The van der Waals surface area contributed by atoms with Crippen LogP contribution in [0.1, 0.15) is 36.5 Å². The third-order valence-corrected chi connectivity index (χ3v) is 5.90. The van der Waals surface area contributed by atoms with E-state index in [-0.39, 0.29) is 11.3 Å². The number of nitrogens with zero attached hydrogens (tertiary/aromatic N) is 4. The topological polar surface area (TPSA) is 89.6 Å². The van der Waals surface area contributed by atoms with Gasteiger partial charge in [-0.3, -0.25) is 14.0 Å². The van der Waals surface area contributed by atoms with Crippen LogP contribution in [0.25, 0.3) is 11.2 Å². The zero-order valence-corrected chi connectivity index (χ0v) is 15.6. The third kappa shape index (κ3) is 3.39. The number of rotatable bonds is 8. The predicted octanol–water partition coefficient (Wildman–Crippen LogP) is 1.42. The third-order valence-electron chi connectivity index (χ3n) is 5.90. The Morgan fingerprint density at radius 3 is 2.81 bits per heavy atom. The van der Waals surface area contributed by atoms with Crippen molar-refractivity contribution in [3.63, 3.8) is 0 Å². The van der Waals surface area contributed by atoms with E-state index in [0.717, 1.165) is 19.0 Å². The molecule has 4 rings (SSSR count). The van der Waals surface area contributed by atoms with E-state index >= 15 is 0 Å². The van der Waals surface area contributed by atoms with Crippen LogP contribution in [-0.2, 0) is 17.8 Å². The summed E-state index contributed by atoms with van der Waals surface area (Å²) in [5.41, 5.74) is 1.05. The summed E-state index contributed by atoms with van der Waals surface area (Å²) in [7, 11) is 0. The molecule has 2 atom stereocenters. The molecule has 1 aliphatic heterocycles. The van der Waals surface area contributed by atoms with E-state index in [1.807, 2.05) is 6.92 Å². The van der Waals surface area contributed by atoms with Crippen molar-refractivity contribution in [2.24, 2.45) is 5.92 Å². The molecule has 0 aromatic carbocycles. The maximum Gasteiger partial charge on any atom is 0.337 e. The number of carbonyl (C=O) groups is 1. The molecule has 1 N–H and O–H groups in total. The lowest BCUT2D eigenvalue weighted by Crippen LogP contribution is -2.36. The average Bonchev–Trinajstić information content (AvgIpc) is 3.34. The Morgan fingerprint density at radius 2 is 2.15 bits per heavy atom. The van der Waals surface area contributed by atoms with Crippen molar-refractivity contribution in [2.45, 2.75) is 45.3 Å². The van der Waals surface area contributed by atoms with Crippen molar-refractivity contribution < 1.29 is 14.6 Å². The first-order valence-corrected chi connectivity index (χ1v) is 9.72. The number of hydrogen-bond donors (Lipinski definition) is 1. The minimum absolute atomic E-state index is 0.0958. The number of aromatic carboxylic acids is 1. The van der Waals surface area contributed by atoms with Gasteiger partial charge in [0.15, 0.2) is 5.65 Å². The van der Waals surface area contributed by atoms with Gasteiger partial charge in [-0.25, -0.2) is 14.6 Å². The smallest absolute Gasteiger partial charge is 0.337 e. The van der Waals surface area contributed by atoms with Crippen molar-refractivity contribution >= 4 is 17.1 Å². The first-order chi connectivity index (χ1) is 13.1. The number of carboxylic acid groups (broad SMARTS) is 1. The number of imidazole rings is 1. The zero-order chi connectivity index (χ0) is 19.0. The summed E-state index contributed by atoms with van der Waals surface area (Å²) in [6, 6.07) is 2.20. The molecule has 8 heteroatoms. The summed E-state index contributed by atoms with van der Waals surface area (Å²) in [5.74, 6) is -0.234. The largest absolute Gasteiger partial charge is 0.478 e. The van der Waals surface area contributed by atoms with Crippen LogP contribution in [0.15, 0.2) is 17.1 Å². The zero-order valence-electron chi connectivity index (χ0n) is 15.6. The second kappa shape index (κ2) is 7.44. The van der Waals surface area contributed by atoms with Crippen LogP contribution in [0.4, 0.5) is 0 Å². The highest BCUT2D eigenvalue weighted by Crippen LogP contribution is 2.37. The average molecular weight is 374 g/mol. The minimum atomic E-state index is -1.04. The van der Waals surface area contributed by atoms with E-state index in [1.54, 1.807) is 15.2 Å². The molecule has 2 aromatic rings. The van der Waals surface area contributed by atoms with Crippen molar-refractivity contribution in [1.82, 2.24) is 19.0 Å². The number of piperidine rings is 1. The van der Waals surface area contributed by atoms with Crippen molar-refractivity contribution in [2.75, 3.05) is 26.3 Å². The van der Waals surface area contributed by atoms with Crippen LogP contribution in [0.5, 0.6) is 0 Å². The molecule has 146 valence electrons. The molecular formula is C19H26N4O4. The number of fused-ring (bicyclic) bond motifs is 3. The van der Waals surface area contributed by atoms with Gasteiger partial charge in [0, 0.05) is 38.5 Å². The van der Waals surface area contributed by atoms with Gasteiger partial charge in [-0.2, -0.15) is 0 Å². The molecule has 2 fully saturated rings. The number of pyridine rings is 1. The molecule has 27 heavy (non-hydrogen) atoms. The Bertz CT molecular complexity index is 903. The number of carboxylic acids is 1. The molecule has 1 saturated carbocycles. The lowest BCUT2D eigenvalue weighted by atomic mass is 10.1. The second-order valence-corrected chi connectivity index (χ2v) is 7.48. The molecule has 1 saturated heterocycles. The number of ether oxygens (including phenoxy) is 1. The van der Waals surface area contributed by atoms with E-state index < -0.39 is 5.97 Å². The Hall–Kier alpha value is -2.19. The van der Waals surface area contributed by atoms with E-state index in [4.69, 9.17) is 4.74 Å². The van der Waals surface area contributed by atoms with E-state index in [9.17, 15) is 14.7 Å². The predicted molar refractivity (Wildman–Crippen MR) is 100 cm³/mol. The van der Waals surface area contributed by atoms with Gasteiger partial charge < -0.3 is 9.84 Å². The molecule has 2 aromatic heterocycles. The van der Waals surface area contributed by atoms with Crippen LogP contribution in [0, 0.1) is 5.92 Å². The summed E-state index contributed by atoms with van der Waals surface area (Å²) in [4.78, 5) is 31.1. The summed E-state index contributed by atoms with van der Waals surface area (Å²) in [6.07, 6.45) is 5.16. The van der Waals surface area contributed by atoms with Crippen molar-refractivity contribution in [3.8, 4) is 0 Å². The highest BCUT2D eigenvalue weighted by Gasteiger charge is 2.37. The van der Waals surface area contributed by atoms with Crippen LogP contribution < -0.4 is 5.69 Å². The van der Waals surface area contributed by atoms with Gasteiger partial charge in [-0.05, 0) is 38.2 Å². The molecule has 2 aliphatic rings. The van der Waals surface area contributed by atoms with Crippen LogP contribution in [0.3, 0.4) is 0 Å². The van der Waals surface area contributed by atoms with E-state index in [0.29, 0.717) is 43.5 Å². The highest BCUT2D eigenvalue weighted by atomic mass is 16.5. The highest BCUT2D eigenvalue weighted by molar-refractivity contribution is 5.90. The van der Waals surface area contributed by atoms with Gasteiger partial charge >= 0.3 is 11.7 Å².